The maximum atomic E-state index is 6.43. The molecule has 0 radical (unpaired) electrons. The Morgan fingerprint density at radius 2 is 2.03 bits per heavy atom. The lowest BCUT2D eigenvalue weighted by Crippen LogP contribution is -2.51. The van der Waals surface area contributed by atoms with Gasteiger partial charge in [-0.25, -0.2) is 15.0 Å². The summed E-state index contributed by atoms with van der Waals surface area (Å²) in [4.78, 5) is 16.3. The van der Waals surface area contributed by atoms with Crippen LogP contribution in [0, 0.1) is 5.41 Å². The molecule has 2 saturated heterocycles. The van der Waals surface area contributed by atoms with Crippen LogP contribution >= 0.6 is 23.4 Å². The number of nitrogen functional groups attached to an aromatic ring is 2. The average molecular weight is 448 g/mol. The Kier molecular flexibility index (Phi) is 5.80. The third-order valence-electron chi connectivity index (χ3n) is 6.08. The molecule has 2 fully saturated rings. The van der Waals surface area contributed by atoms with E-state index < -0.39 is 0 Å². The zero-order chi connectivity index (χ0) is 21.5. The minimum atomic E-state index is 0.0387. The van der Waals surface area contributed by atoms with Gasteiger partial charge in [0, 0.05) is 35.6 Å². The van der Waals surface area contributed by atoms with E-state index in [1.165, 1.54) is 11.8 Å². The molecule has 1 spiro atoms. The third-order valence-corrected chi connectivity index (χ3v) is 7.65. The third kappa shape index (κ3) is 3.71. The second-order valence-electron chi connectivity index (χ2n) is 7.83. The van der Waals surface area contributed by atoms with Crippen LogP contribution in [0.15, 0.2) is 28.8 Å². The standard InChI is InChI=1S/C20H26ClN7OS/c1-3-12-18(28-8-5-20(6-9-28)10-29-11(2)15(20)22)27-17(24)19(26-12)30-13-4-7-25-16(23)14(13)21/h3-4,7,11,15H,1,5-6,8-10,22H2,2H3,(H2,23,25)(H2,24,27)/t11-,15+/m0/s1. The van der Waals surface area contributed by atoms with Crippen LogP contribution in [-0.2, 0) is 4.74 Å². The minimum absolute atomic E-state index is 0.0387. The van der Waals surface area contributed by atoms with Crippen molar-refractivity contribution in [3.8, 4) is 0 Å². The largest absolute Gasteiger partial charge is 0.382 e. The molecule has 2 aliphatic rings. The van der Waals surface area contributed by atoms with Gasteiger partial charge in [0.05, 0.1) is 17.7 Å². The Bertz CT molecular complexity index is 964. The molecular weight excluding hydrogens is 422 g/mol. The van der Waals surface area contributed by atoms with Gasteiger partial charge in [0.2, 0.25) is 0 Å². The minimum Gasteiger partial charge on any atom is -0.382 e. The van der Waals surface area contributed by atoms with Gasteiger partial charge in [-0.1, -0.05) is 29.9 Å². The average Bonchev–Trinajstić information content (AvgIpc) is 3.01. The van der Waals surface area contributed by atoms with E-state index >= 15 is 0 Å². The summed E-state index contributed by atoms with van der Waals surface area (Å²) in [6.45, 7) is 8.32. The summed E-state index contributed by atoms with van der Waals surface area (Å²) in [5.74, 6) is 1.34. The first-order valence-electron chi connectivity index (χ1n) is 9.84. The Morgan fingerprint density at radius 1 is 1.30 bits per heavy atom. The van der Waals surface area contributed by atoms with Crippen LogP contribution in [-0.4, -0.2) is 46.8 Å². The summed E-state index contributed by atoms with van der Waals surface area (Å²) in [7, 11) is 0. The van der Waals surface area contributed by atoms with Crippen molar-refractivity contribution in [3.05, 3.63) is 29.6 Å². The molecule has 6 N–H and O–H groups in total. The van der Waals surface area contributed by atoms with Crippen LogP contribution in [0.3, 0.4) is 0 Å². The van der Waals surface area contributed by atoms with Gasteiger partial charge in [0.1, 0.15) is 16.5 Å². The van der Waals surface area contributed by atoms with E-state index in [1.807, 2.05) is 6.92 Å². The van der Waals surface area contributed by atoms with Crippen molar-refractivity contribution in [3.63, 3.8) is 0 Å². The van der Waals surface area contributed by atoms with Crippen molar-refractivity contribution in [2.45, 2.75) is 41.8 Å². The van der Waals surface area contributed by atoms with Crippen molar-refractivity contribution in [1.29, 1.82) is 0 Å². The normalized spacial score (nSPS) is 23.1. The Balaban J connectivity index is 1.56. The molecule has 160 valence electrons. The fourth-order valence-electron chi connectivity index (χ4n) is 4.14. The van der Waals surface area contributed by atoms with Crippen molar-refractivity contribution in [2.75, 3.05) is 36.1 Å². The van der Waals surface area contributed by atoms with Crippen LogP contribution in [0.1, 0.15) is 25.5 Å². The first kappa shape index (κ1) is 21.2. The maximum Gasteiger partial charge on any atom is 0.158 e. The molecule has 4 heterocycles. The van der Waals surface area contributed by atoms with Gasteiger partial charge >= 0.3 is 0 Å². The number of piperidine rings is 1. The van der Waals surface area contributed by atoms with Crippen molar-refractivity contribution < 1.29 is 4.74 Å². The van der Waals surface area contributed by atoms with Gasteiger partial charge in [-0.05, 0) is 31.9 Å². The number of anilines is 3. The summed E-state index contributed by atoms with van der Waals surface area (Å²) in [6.07, 6.45) is 5.28. The topological polar surface area (TPSA) is 129 Å². The molecular formula is C20H26ClN7OS. The number of nitrogens with zero attached hydrogens (tertiary/aromatic N) is 4. The van der Waals surface area contributed by atoms with E-state index in [4.69, 9.17) is 38.5 Å². The fourth-order valence-corrected chi connectivity index (χ4v) is 5.19. The molecule has 0 saturated carbocycles. The summed E-state index contributed by atoms with van der Waals surface area (Å²) in [6, 6.07) is 1.83. The lowest BCUT2D eigenvalue weighted by Gasteiger charge is -2.41. The number of nitrogens with two attached hydrogens (primary N) is 3. The zero-order valence-electron chi connectivity index (χ0n) is 16.8. The number of hydrogen-bond donors (Lipinski definition) is 3. The smallest absolute Gasteiger partial charge is 0.158 e. The molecule has 2 aliphatic heterocycles. The fraction of sp³-hybridized carbons (Fsp3) is 0.450. The highest BCUT2D eigenvalue weighted by atomic mass is 35.5. The van der Waals surface area contributed by atoms with Crippen LogP contribution in [0.4, 0.5) is 17.5 Å². The molecule has 0 amide bonds. The maximum absolute atomic E-state index is 6.43. The van der Waals surface area contributed by atoms with Gasteiger partial charge in [0.15, 0.2) is 11.6 Å². The highest BCUT2D eigenvalue weighted by Gasteiger charge is 2.47. The molecule has 0 aromatic carbocycles. The first-order valence-corrected chi connectivity index (χ1v) is 11.0. The molecule has 0 bridgehead atoms. The number of ether oxygens (including phenoxy) is 1. The second kappa shape index (κ2) is 8.22. The van der Waals surface area contributed by atoms with Crippen molar-refractivity contribution >= 4 is 46.9 Å². The lowest BCUT2D eigenvalue weighted by molar-refractivity contribution is 0.0974. The van der Waals surface area contributed by atoms with Gasteiger partial charge < -0.3 is 26.8 Å². The molecule has 2 aromatic heterocycles. The monoisotopic (exact) mass is 447 g/mol. The predicted molar refractivity (Wildman–Crippen MR) is 122 cm³/mol. The van der Waals surface area contributed by atoms with Crippen LogP contribution in [0.5, 0.6) is 0 Å². The highest BCUT2D eigenvalue weighted by molar-refractivity contribution is 7.99. The first-order chi connectivity index (χ1) is 14.3. The molecule has 0 aliphatic carbocycles. The quantitative estimate of drug-likeness (QED) is 0.647. The van der Waals surface area contributed by atoms with Gasteiger partial charge in [-0.3, -0.25) is 0 Å². The summed E-state index contributed by atoms with van der Waals surface area (Å²) in [5.41, 5.74) is 19.2. The van der Waals surface area contributed by atoms with E-state index in [-0.39, 0.29) is 23.4 Å². The van der Waals surface area contributed by atoms with Crippen LogP contribution in [0.25, 0.3) is 6.08 Å². The zero-order valence-corrected chi connectivity index (χ0v) is 18.4. The summed E-state index contributed by atoms with van der Waals surface area (Å²) < 4.78 is 5.82. The number of aromatic nitrogens is 3. The Morgan fingerprint density at radius 3 is 2.67 bits per heavy atom. The molecule has 30 heavy (non-hydrogen) atoms. The number of rotatable bonds is 4. The van der Waals surface area contributed by atoms with E-state index in [0.29, 0.717) is 21.6 Å². The molecule has 8 nitrogen and oxygen atoms in total. The Hall–Kier alpha value is -2.07. The molecule has 10 heteroatoms. The molecule has 2 atom stereocenters. The lowest BCUT2D eigenvalue weighted by atomic mass is 9.73. The number of pyridine rings is 1. The summed E-state index contributed by atoms with van der Waals surface area (Å²) >= 11 is 7.56. The van der Waals surface area contributed by atoms with Gasteiger partial charge in [0.25, 0.3) is 0 Å². The Labute approximate surface area is 185 Å². The predicted octanol–water partition coefficient (Wildman–Crippen LogP) is 2.82. The van der Waals surface area contributed by atoms with Gasteiger partial charge in [-0.15, -0.1) is 0 Å². The molecule has 2 aromatic rings. The highest BCUT2D eigenvalue weighted by Crippen LogP contribution is 2.43. The summed E-state index contributed by atoms with van der Waals surface area (Å²) in [5, 5.41) is 0.924. The van der Waals surface area contributed by atoms with Crippen LogP contribution in [0.2, 0.25) is 5.02 Å². The second-order valence-corrected chi connectivity index (χ2v) is 9.24. The van der Waals surface area contributed by atoms with E-state index in [9.17, 15) is 0 Å². The number of halogens is 1. The van der Waals surface area contributed by atoms with Gasteiger partial charge in [-0.2, -0.15) is 0 Å². The number of hydrogen-bond acceptors (Lipinski definition) is 9. The SMILES string of the molecule is C=Cc1nc(Sc2ccnc(N)c2Cl)c(N)nc1N1CCC2(CC1)CO[C@@H](C)[C@H]2N. The van der Waals surface area contributed by atoms with Crippen molar-refractivity contribution in [2.24, 2.45) is 11.1 Å². The molecule has 4 rings (SSSR count). The molecule has 0 unspecified atom stereocenters. The van der Waals surface area contributed by atoms with Crippen LogP contribution < -0.4 is 22.1 Å². The van der Waals surface area contributed by atoms with Crippen molar-refractivity contribution in [1.82, 2.24) is 15.0 Å². The van der Waals surface area contributed by atoms with E-state index in [0.717, 1.165) is 43.3 Å². The van der Waals surface area contributed by atoms with E-state index in [1.54, 1.807) is 18.3 Å². The van der Waals surface area contributed by atoms with E-state index in [2.05, 4.69) is 21.4 Å².